The Morgan fingerprint density at radius 2 is 1.78 bits per heavy atom. The molecule has 2 aliphatic carbocycles. The molecule has 1 aromatic carbocycles. The predicted molar refractivity (Wildman–Crippen MR) is 109 cm³/mol. The third-order valence-electron chi connectivity index (χ3n) is 6.75. The van der Waals surface area contributed by atoms with Crippen molar-refractivity contribution in [3.8, 4) is 11.3 Å². The Morgan fingerprint density at radius 3 is 2.37 bits per heavy atom. The second-order valence-electron chi connectivity index (χ2n) is 9.33. The number of hydrogen-bond donors (Lipinski definition) is 0. The van der Waals surface area contributed by atoms with E-state index in [9.17, 15) is 4.39 Å². The van der Waals surface area contributed by atoms with Crippen molar-refractivity contribution in [1.82, 2.24) is 10.2 Å². The van der Waals surface area contributed by atoms with Crippen molar-refractivity contribution in [3.05, 3.63) is 40.7 Å². The zero-order valence-corrected chi connectivity index (χ0v) is 17.3. The number of rotatable bonds is 3. The van der Waals surface area contributed by atoms with E-state index in [-0.39, 0.29) is 5.02 Å². The van der Waals surface area contributed by atoms with E-state index in [2.05, 4.69) is 36.0 Å². The summed E-state index contributed by atoms with van der Waals surface area (Å²) >= 11 is 5.86. The lowest BCUT2D eigenvalue weighted by molar-refractivity contribution is 0.148. The van der Waals surface area contributed by atoms with Gasteiger partial charge in [0.15, 0.2) is 5.82 Å². The van der Waals surface area contributed by atoms with Crippen molar-refractivity contribution in [1.29, 1.82) is 0 Å². The molecule has 1 unspecified atom stereocenters. The molecule has 5 heteroatoms. The average molecular weight is 388 g/mol. The van der Waals surface area contributed by atoms with Gasteiger partial charge in [-0.15, -0.1) is 10.2 Å². The van der Waals surface area contributed by atoms with Crippen molar-refractivity contribution in [2.45, 2.75) is 58.9 Å². The van der Waals surface area contributed by atoms with E-state index in [1.54, 1.807) is 6.07 Å². The van der Waals surface area contributed by atoms with E-state index in [1.165, 1.54) is 38.2 Å². The molecule has 2 aromatic rings. The van der Waals surface area contributed by atoms with Gasteiger partial charge in [0.05, 0.1) is 10.7 Å². The van der Waals surface area contributed by atoms with Crippen molar-refractivity contribution in [2.24, 2.45) is 10.8 Å². The first-order valence-electron chi connectivity index (χ1n) is 9.71. The summed E-state index contributed by atoms with van der Waals surface area (Å²) in [6, 6.07) is 7.48. The molecule has 27 heavy (non-hydrogen) atoms. The molecule has 3 atom stereocenters. The van der Waals surface area contributed by atoms with Crippen LogP contribution in [-0.2, 0) is 0 Å². The molecule has 0 saturated heterocycles. The highest BCUT2D eigenvalue weighted by Crippen LogP contribution is 2.58. The number of nitrogens with zero attached hydrogens (tertiary/aromatic N) is 3. The quantitative estimate of drug-likeness (QED) is 0.642. The first-order valence-corrected chi connectivity index (χ1v) is 10.1. The summed E-state index contributed by atoms with van der Waals surface area (Å²) in [6.45, 7) is 6.78. The Balaban J connectivity index is 1.57. The molecule has 2 saturated carbocycles. The molecular weight excluding hydrogens is 361 g/mol. The van der Waals surface area contributed by atoms with Crippen LogP contribution < -0.4 is 4.90 Å². The number of aryl methyl sites for hydroxylation is 1. The van der Waals surface area contributed by atoms with Crippen LogP contribution in [0.1, 0.15) is 51.5 Å². The van der Waals surface area contributed by atoms with E-state index in [0.29, 0.717) is 22.6 Å². The van der Waals surface area contributed by atoms with E-state index in [4.69, 9.17) is 11.6 Å². The molecule has 0 N–H and O–H groups in total. The molecule has 1 aromatic heterocycles. The molecular formula is C22H27ClFN3. The maximum Gasteiger partial charge on any atom is 0.151 e. The van der Waals surface area contributed by atoms with Crippen LogP contribution in [0.3, 0.4) is 0 Å². The first-order chi connectivity index (χ1) is 12.7. The van der Waals surface area contributed by atoms with Crippen LogP contribution >= 0.6 is 11.6 Å². The van der Waals surface area contributed by atoms with Gasteiger partial charge in [0, 0.05) is 18.7 Å². The lowest BCUT2D eigenvalue weighted by Gasteiger charge is -2.44. The fraction of sp³-hybridized carbons (Fsp3) is 0.545. The number of halogens is 2. The van der Waals surface area contributed by atoms with Gasteiger partial charge >= 0.3 is 0 Å². The van der Waals surface area contributed by atoms with Crippen molar-refractivity contribution in [2.75, 3.05) is 11.9 Å². The van der Waals surface area contributed by atoms with Crippen molar-refractivity contribution >= 4 is 17.4 Å². The SMILES string of the molecule is Cc1cc(Cl)c(F)cc1-c1ccc(N(C)C2C[C@]3(C)CC[C@](C)(C2)C3)nn1. The fourth-order valence-corrected chi connectivity index (χ4v) is 5.63. The van der Waals surface area contributed by atoms with E-state index < -0.39 is 5.82 Å². The number of anilines is 1. The molecule has 4 rings (SSSR count). The van der Waals surface area contributed by atoms with Gasteiger partial charge in [-0.3, -0.25) is 0 Å². The van der Waals surface area contributed by atoms with Crippen LogP contribution in [0.4, 0.5) is 10.2 Å². The van der Waals surface area contributed by atoms with Gasteiger partial charge < -0.3 is 4.90 Å². The van der Waals surface area contributed by atoms with Crippen LogP contribution in [0.5, 0.6) is 0 Å². The lowest BCUT2D eigenvalue weighted by atomic mass is 9.68. The largest absolute Gasteiger partial charge is 0.355 e. The smallest absolute Gasteiger partial charge is 0.151 e. The fourth-order valence-electron chi connectivity index (χ4n) is 5.41. The Morgan fingerprint density at radius 1 is 1.11 bits per heavy atom. The molecule has 3 nitrogen and oxygen atoms in total. The van der Waals surface area contributed by atoms with Gasteiger partial charge in [-0.05, 0) is 79.7 Å². The Labute approximate surface area is 165 Å². The zero-order valence-electron chi connectivity index (χ0n) is 16.5. The van der Waals surface area contributed by atoms with Gasteiger partial charge in [0.25, 0.3) is 0 Å². The van der Waals surface area contributed by atoms with Crippen molar-refractivity contribution in [3.63, 3.8) is 0 Å². The number of fused-ring (bicyclic) bond motifs is 2. The van der Waals surface area contributed by atoms with Crippen LogP contribution in [-0.4, -0.2) is 23.3 Å². The van der Waals surface area contributed by atoms with Gasteiger partial charge in [-0.25, -0.2) is 4.39 Å². The number of hydrogen-bond acceptors (Lipinski definition) is 3. The predicted octanol–water partition coefficient (Wildman–Crippen LogP) is 6.04. The minimum absolute atomic E-state index is 0.134. The minimum Gasteiger partial charge on any atom is -0.355 e. The zero-order chi connectivity index (χ0) is 19.4. The van der Waals surface area contributed by atoms with Crippen molar-refractivity contribution < 1.29 is 4.39 Å². The molecule has 0 amide bonds. The monoisotopic (exact) mass is 387 g/mol. The molecule has 0 spiro atoms. The second kappa shape index (κ2) is 6.44. The van der Waals surface area contributed by atoms with Gasteiger partial charge in [0.2, 0.25) is 0 Å². The first kappa shape index (κ1) is 18.7. The van der Waals surface area contributed by atoms with Crippen LogP contribution in [0.2, 0.25) is 5.02 Å². The topological polar surface area (TPSA) is 29.0 Å². The summed E-state index contributed by atoms with van der Waals surface area (Å²) in [7, 11) is 2.12. The highest BCUT2D eigenvalue weighted by atomic mass is 35.5. The van der Waals surface area contributed by atoms with Crippen LogP contribution in [0, 0.1) is 23.6 Å². The molecule has 0 aliphatic heterocycles. The highest BCUT2D eigenvalue weighted by molar-refractivity contribution is 6.30. The molecule has 2 fully saturated rings. The molecule has 0 radical (unpaired) electrons. The summed E-state index contributed by atoms with van der Waals surface area (Å²) in [5, 5.41) is 8.98. The summed E-state index contributed by atoms with van der Waals surface area (Å²) < 4.78 is 13.9. The van der Waals surface area contributed by atoms with E-state index in [1.807, 2.05) is 19.1 Å². The Kier molecular flexibility index (Phi) is 4.45. The third-order valence-corrected chi connectivity index (χ3v) is 7.03. The summed E-state index contributed by atoms with van der Waals surface area (Å²) in [5.41, 5.74) is 3.20. The third kappa shape index (κ3) is 3.44. The maximum absolute atomic E-state index is 13.9. The molecule has 144 valence electrons. The lowest BCUT2D eigenvalue weighted by Crippen LogP contribution is -2.42. The molecule has 2 bridgehead atoms. The summed E-state index contributed by atoms with van der Waals surface area (Å²) in [5.74, 6) is 0.448. The van der Waals surface area contributed by atoms with Crippen LogP contribution in [0.25, 0.3) is 11.3 Å². The molecule has 2 aliphatic rings. The second-order valence-corrected chi connectivity index (χ2v) is 9.74. The minimum atomic E-state index is -0.431. The molecule has 1 heterocycles. The summed E-state index contributed by atoms with van der Waals surface area (Å²) in [4.78, 5) is 2.28. The number of benzene rings is 1. The van der Waals surface area contributed by atoms with Gasteiger partial charge in [0.1, 0.15) is 5.82 Å². The standard InChI is InChI=1S/C22H27ClFN3/c1-14-9-17(23)18(24)10-16(14)19-5-6-20(26-25-19)27(4)15-11-21(2)7-8-22(3,12-15)13-21/h5-6,9-10,15H,7-8,11-13H2,1-4H3/t15?,21-,22+. The normalized spacial score (nSPS) is 29.8. The Bertz CT molecular complexity index is 851. The summed E-state index contributed by atoms with van der Waals surface area (Å²) in [6.07, 6.45) is 6.43. The average Bonchev–Trinajstić information content (AvgIpc) is 2.85. The van der Waals surface area contributed by atoms with Gasteiger partial charge in [-0.1, -0.05) is 25.4 Å². The number of aromatic nitrogens is 2. The Hall–Kier alpha value is -1.68. The highest BCUT2D eigenvalue weighted by Gasteiger charge is 2.49. The van der Waals surface area contributed by atoms with E-state index in [0.717, 1.165) is 16.9 Å². The maximum atomic E-state index is 13.9. The van der Waals surface area contributed by atoms with Gasteiger partial charge in [-0.2, -0.15) is 0 Å². The van der Waals surface area contributed by atoms with Crippen LogP contribution in [0.15, 0.2) is 24.3 Å². The van der Waals surface area contributed by atoms with E-state index >= 15 is 0 Å².